The minimum absolute atomic E-state index is 0.584. The molecule has 0 bridgehead atoms. The first-order chi connectivity index (χ1) is 8.83. The molecule has 0 saturated carbocycles. The first-order valence-electron chi connectivity index (χ1n) is 5.89. The summed E-state index contributed by atoms with van der Waals surface area (Å²) in [4.78, 5) is 6.76. The van der Waals surface area contributed by atoms with Crippen LogP contribution >= 0.6 is 23.5 Å². The van der Waals surface area contributed by atoms with Crippen LogP contribution in [-0.2, 0) is 0 Å². The summed E-state index contributed by atoms with van der Waals surface area (Å²) < 4.78 is 0. The number of hydrogen-bond donors (Lipinski definition) is 1. The second-order valence-corrected chi connectivity index (χ2v) is 6.43. The van der Waals surface area contributed by atoms with Crippen LogP contribution in [0.4, 0.5) is 5.82 Å². The zero-order chi connectivity index (χ0) is 12.4. The van der Waals surface area contributed by atoms with Crippen molar-refractivity contribution in [1.82, 2.24) is 4.98 Å². The maximum atomic E-state index is 5.58. The van der Waals surface area contributed by atoms with E-state index in [-0.39, 0.29) is 0 Å². The molecule has 1 aliphatic rings. The molecule has 0 spiro atoms. The molecule has 2 nitrogen and oxygen atoms in total. The second-order valence-electron chi connectivity index (χ2n) is 4.28. The number of pyridine rings is 1. The third-order valence-electron chi connectivity index (χ3n) is 3.01. The number of nitrogens with zero attached hydrogens (tertiary/aromatic N) is 1. The molecule has 0 saturated heterocycles. The van der Waals surface area contributed by atoms with Gasteiger partial charge in [-0.2, -0.15) is 0 Å². The van der Waals surface area contributed by atoms with Crippen LogP contribution in [0.15, 0.2) is 52.4 Å². The van der Waals surface area contributed by atoms with E-state index >= 15 is 0 Å². The summed E-state index contributed by atoms with van der Waals surface area (Å²) in [5, 5.41) is 0. The predicted molar refractivity (Wildman–Crippen MR) is 79.3 cm³/mol. The SMILES string of the molecule is Nc1ccc(SCC2CSc3ccccc32)cn1. The van der Waals surface area contributed by atoms with Crippen LogP contribution < -0.4 is 5.73 Å². The van der Waals surface area contributed by atoms with E-state index in [1.54, 1.807) is 0 Å². The molecule has 1 aliphatic heterocycles. The van der Waals surface area contributed by atoms with E-state index < -0.39 is 0 Å². The Hall–Kier alpha value is -1.13. The molecule has 0 amide bonds. The molecule has 1 aromatic carbocycles. The Balaban J connectivity index is 1.67. The van der Waals surface area contributed by atoms with Crippen LogP contribution in [0, 0.1) is 0 Å². The van der Waals surface area contributed by atoms with Crippen molar-refractivity contribution in [3.63, 3.8) is 0 Å². The Labute approximate surface area is 115 Å². The monoisotopic (exact) mass is 274 g/mol. The van der Waals surface area contributed by atoms with Crippen molar-refractivity contribution in [3.05, 3.63) is 48.2 Å². The van der Waals surface area contributed by atoms with E-state index in [0.717, 1.165) is 5.75 Å². The van der Waals surface area contributed by atoms with Crippen molar-refractivity contribution in [1.29, 1.82) is 0 Å². The average Bonchev–Trinajstić information content (AvgIpc) is 2.82. The Morgan fingerprint density at radius 1 is 1.28 bits per heavy atom. The molecule has 2 heterocycles. The van der Waals surface area contributed by atoms with Crippen LogP contribution in [0.5, 0.6) is 0 Å². The summed E-state index contributed by atoms with van der Waals surface area (Å²) in [7, 11) is 0. The average molecular weight is 274 g/mol. The number of fused-ring (bicyclic) bond motifs is 1. The van der Waals surface area contributed by atoms with E-state index in [4.69, 9.17) is 5.73 Å². The van der Waals surface area contributed by atoms with Crippen molar-refractivity contribution in [3.8, 4) is 0 Å². The molecular formula is C14H14N2S2. The maximum absolute atomic E-state index is 5.58. The van der Waals surface area contributed by atoms with Crippen molar-refractivity contribution in [2.45, 2.75) is 15.7 Å². The summed E-state index contributed by atoms with van der Waals surface area (Å²) in [5.41, 5.74) is 7.08. The molecule has 92 valence electrons. The molecule has 2 aromatic rings. The number of anilines is 1. The maximum Gasteiger partial charge on any atom is 0.123 e. The van der Waals surface area contributed by atoms with Gasteiger partial charge in [-0.3, -0.25) is 0 Å². The lowest BCUT2D eigenvalue weighted by Crippen LogP contribution is -2.00. The van der Waals surface area contributed by atoms with E-state index in [2.05, 4.69) is 29.2 Å². The number of benzene rings is 1. The number of nitrogen functional groups attached to an aromatic ring is 1. The third-order valence-corrected chi connectivity index (χ3v) is 5.40. The fourth-order valence-corrected chi connectivity index (χ4v) is 4.43. The Bertz CT molecular complexity index is 540. The van der Waals surface area contributed by atoms with Gasteiger partial charge < -0.3 is 5.73 Å². The highest BCUT2D eigenvalue weighted by Gasteiger charge is 2.22. The lowest BCUT2D eigenvalue weighted by Gasteiger charge is -2.09. The molecular weight excluding hydrogens is 260 g/mol. The molecule has 0 aliphatic carbocycles. The molecule has 2 N–H and O–H groups in total. The second kappa shape index (κ2) is 5.24. The molecule has 0 radical (unpaired) electrons. The number of thioether (sulfide) groups is 2. The van der Waals surface area contributed by atoms with Gasteiger partial charge in [0.1, 0.15) is 5.82 Å². The highest BCUT2D eigenvalue weighted by atomic mass is 32.2. The molecule has 1 atom stereocenters. The van der Waals surface area contributed by atoms with Crippen molar-refractivity contribution < 1.29 is 0 Å². The van der Waals surface area contributed by atoms with Crippen LogP contribution in [0.2, 0.25) is 0 Å². The van der Waals surface area contributed by atoms with Gasteiger partial charge in [-0.25, -0.2) is 4.98 Å². The topological polar surface area (TPSA) is 38.9 Å². The van der Waals surface area contributed by atoms with E-state index in [1.807, 2.05) is 41.9 Å². The molecule has 1 aromatic heterocycles. The lowest BCUT2D eigenvalue weighted by molar-refractivity contribution is 0.896. The van der Waals surface area contributed by atoms with Gasteiger partial charge in [-0.05, 0) is 23.8 Å². The minimum atomic E-state index is 0.584. The molecule has 3 rings (SSSR count). The number of aromatic nitrogens is 1. The summed E-state index contributed by atoms with van der Waals surface area (Å²) in [6.45, 7) is 0. The number of rotatable bonds is 3. The van der Waals surface area contributed by atoms with Crippen molar-refractivity contribution in [2.24, 2.45) is 0 Å². The number of nitrogens with two attached hydrogens (primary N) is 1. The fourth-order valence-electron chi connectivity index (χ4n) is 2.04. The molecule has 0 fully saturated rings. The molecule has 18 heavy (non-hydrogen) atoms. The van der Waals surface area contributed by atoms with Gasteiger partial charge in [0, 0.05) is 33.4 Å². The van der Waals surface area contributed by atoms with Gasteiger partial charge in [-0.15, -0.1) is 23.5 Å². The quantitative estimate of drug-likeness (QED) is 0.867. The molecule has 1 unspecified atom stereocenters. The van der Waals surface area contributed by atoms with E-state index in [0.29, 0.717) is 11.7 Å². The van der Waals surface area contributed by atoms with Gasteiger partial charge in [0.15, 0.2) is 0 Å². The van der Waals surface area contributed by atoms with Crippen molar-refractivity contribution >= 4 is 29.3 Å². The Morgan fingerprint density at radius 2 is 2.17 bits per heavy atom. The first-order valence-corrected chi connectivity index (χ1v) is 7.86. The van der Waals surface area contributed by atoms with Gasteiger partial charge >= 0.3 is 0 Å². The Morgan fingerprint density at radius 3 is 3.00 bits per heavy atom. The van der Waals surface area contributed by atoms with Gasteiger partial charge in [0.05, 0.1) is 0 Å². The predicted octanol–water partition coefficient (Wildman–Crippen LogP) is 3.65. The normalized spacial score (nSPS) is 17.7. The van der Waals surface area contributed by atoms with E-state index in [9.17, 15) is 0 Å². The standard InChI is InChI=1S/C14H14N2S2/c15-14-6-5-11(7-16-14)17-8-10-9-18-13-4-2-1-3-12(10)13/h1-7,10H,8-9H2,(H2,15,16). The fraction of sp³-hybridized carbons (Fsp3) is 0.214. The van der Waals surface area contributed by atoms with Crippen LogP contribution in [0.1, 0.15) is 11.5 Å². The van der Waals surface area contributed by atoms with Crippen LogP contribution in [0.3, 0.4) is 0 Å². The largest absolute Gasteiger partial charge is 0.384 e. The minimum Gasteiger partial charge on any atom is -0.384 e. The van der Waals surface area contributed by atoms with Crippen LogP contribution in [0.25, 0.3) is 0 Å². The summed E-state index contributed by atoms with van der Waals surface area (Å²) >= 11 is 3.82. The highest BCUT2D eigenvalue weighted by Crippen LogP contribution is 2.41. The van der Waals surface area contributed by atoms with Gasteiger partial charge in [-0.1, -0.05) is 18.2 Å². The van der Waals surface area contributed by atoms with Gasteiger partial charge in [0.2, 0.25) is 0 Å². The summed E-state index contributed by atoms with van der Waals surface area (Å²) in [6.07, 6.45) is 1.86. The van der Waals surface area contributed by atoms with E-state index in [1.165, 1.54) is 21.1 Å². The highest BCUT2D eigenvalue weighted by molar-refractivity contribution is 8.00. The summed E-state index contributed by atoms with van der Waals surface area (Å²) in [6, 6.07) is 12.6. The first kappa shape index (κ1) is 11.9. The third kappa shape index (κ3) is 2.49. The molecule has 4 heteroatoms. The zero-order valence-electron chi connectivity index (χ0n) is 9.87. The van der Waals surface area contributed by atoms with Crippen molar-refractivity contribution in [2.75, 3.05) is 17.2 Å². The summed E-state index contributed by atoms with van der Waals surface area (Å²) in [5.74, 6) is 3.53. The van der Waals surface area contributed by atoms with Gasteiger partial charge in [0.25, 0.3) is 0 Å². The Kier molecular flexibility index (Phi) is 3.48. The number of hydrogen-bond acceptors (Lipinski definition) is 4. The lowest BCUT2D eigenvalue weighted by atomic mass is 10.0. The van der Waals surface area contributed by atoms with Crippen LogP contribution in [-0.4, -0.2) is 16.5 Å². The zero-order valence-corrected chi connectivity index (χ0v) is 11.5. The smallest absolute Gasteiger partial charge is 0.123 e.